The molecule has 0 spiro atoms. The Labute approximate surface area is 250 Å². The van der Waals surface area contributed by atoms with Crippen molar-refractivity contribution in [1.29, 1.82) is 0 Å². The van der Waals surface area contributed by atoms with Crippen molar-refractivity contribution < 1.29 is 37.1 Å². The van der Waals surface area contributed by atoms with Gasteiger partial charge >= 0.3 is 18.2 Å². The number of ether oxygens (including phenoxy) is 1. The topological polar surface area (TPSA) is 96.0 Å². The summed E-state index contributed by atoms with van der Waals surface area (Å²) in [5.41, 5.74) is 1.37. The lowest BCUT2D eigenvalue weighted by molar-refractivity contribution is -0.138. The van der Waals surface area contributed by atoms with Gasteiger partial charge < -0.3 is 15.0 Å². The number of urea groups is 1. The van der Waals surface area contributed by atoms with Crippen molar-refractivity contribution >= 4 is 64.5 Å². The van der Waals surface area contributed by atoms with Gasteiger partial charge in [0.25, 0.3) is 11.8 Å². The lowest BCUT2D eigenvalue weighted by atomic mass is 9.93. The minimum Gasteiger partial charge on any atom is -0.462 e. The fourth-order valence-electron chi connectivity index (χ4n) is 4.16. The molecule has 0 radical (unpaired) electrons. The quantitative estimate of drug-likeness (QED) is 0.219. The molecule has 0 saturated carbocycles. The van der Waals surface area contributed by atoms with Gasteiger partial charge in [-0.3, -0.25) is 9.59 Å². The van der Waals surface area contributed by atoms with E-state index in [1.165, 1.54) is 42.1 Å². The molecule has 224 valence electrons. The molecular weight excluding hydrogens is 598 g/mol. The summed E-state index contributed by atoms with van der Waals surface area (Å²) >= 11 is 12.1. The van der Waals surface area contributed by atoms with Crippen LogP contribution in [0.25, 0.3) is 6.08 Å². The van der Waals surface area contributed by atoms with Crippen LogP contribution in [0.3, 0.4) is 0 Å². The van der Waals surface area contributed by atoms with E-state index in [2.05, 4.69) is 5.32 Å². The molecule has 0 aromatic heterocycles. The number of halogens is 5. The Morgan fingerprint density at radius 3 is 2.21 bits per heavy atom. The third-order valence-electron chi connectivity index (χ3n) is 6.23. The molecule has 0 atom stereocenters. The maximum Gasteiger partial charge on any atom is 0.416 e. The largest absolute Gasteiger partial charge is 0.462 e. The fourth-order valence-corrected chi connectivity index (χ4v) is 4.50. The number of anilines is 2. The molecule has 8 nitrogen and oxygen atoms in total. The van der Waals surface area contributed by atoms with Crippen LogP contribution in [-0.2, 0) is 25.3 Å². The molecule has 42 heavy (non-hydrogen) atoms. The zero-order chi connectivity index (χ0) is 31.2. The van der Waals surface area contributed by atoms with Gasteiger partial charge in [-0.05, 0) is 80.6 Å². The van der Waals surface area contributed by atoms with Gasteiger partial charge in [0, 0.05) is 36.0 Å². The van der Waals surface area contributed by atoms with Gasteiger partial charge in [0.15, 0.2) is 0 Å². The molecule has 4 rings (SSSR count). The van der Waals surface area contributed by atoms with Crippen molar-refractivity contribution in [3.05, 3.63) is 74.8 Å². The smallest absolute Gasteiger partial charge is 0.416 e. The van der Waals surface area contributed by atoms with Crippen molar-refractivity contribution in [2.75, 3.05) is 30.9 Å². The molecule has 13 heteroatoms. The van der Waals surface area contributed by atoms with Crippen molar-refractivity contribution in [3.63, 3.8) is 0 Å². The predicted molar refractivity (Wildman–Crippen MR) is 154 cm³/mol. The first-order chi connectivity index (χ1) is 19.7. The van der Waals surface area contributed by atoms with E-state index in [0.717, 1.165) is 25.0 Å². The number of hydrogen-bond acceptors (Lipinski definition) is 5. The summed E-state index contributed by atoms with van der Waals surface area (Å²) in [5, 5.41) is 2.54. The maximum atomic E-state index is 12.7. The van der Waals surface area contributed by atoms with E-state index >= 15 is 0 Å². The van der Waals surface area contributed by atoms with Gasteiger partial charge in [0.1, 0.15) is 5.03 Å². The van der Waals surface area contributed by atoms with E-state index in [1.807, 2.05) is 0 Å². The summed E-state index contributed by atoms with van der Waals surface area (Å²) in [6.45, 7) is 1.87. The minimum atomic E-state index is -4.40. The molecule has 1 N–H and O–H groups in total. The molecule has 0 saturated heterocycles. The molecule has 0 unspecified atom stereocenters. The molecule has 0 bridgehead atoms. The number of rotatable bonds is 5. The molecule has 1 heterocycles. The summed E-state index contributed by atoms with van der Waals surface area (Å²) in [6.07, 6.45) is 0.0460. The highest BCUT2D eigenvalue weighted by molar-refractivity contribution is 6.43. The van der Waals surface area contributed by atoms with Gasteiger partial charge in [-0.2, -0.15) is 13.2 Å². The van der Waals surface area contributed by atoms with Crippen molar-refractivity contribution in [2.24, 2.45) is 0 Å². The third-order valence-corrected chi connectivity index (χ3v) is 6.84. The van der Waals surface area contributed by atoms with E-state index in [0.29, 0.717) is 40.3 Å². The summed E-state index contributed by atoms with van der Waals surface area (Å²) in [5.74, 6) is -1.22. The van der Waals surface area contributed by atoms with Crippen LogP contribution in [-0.4, -0.2) is 49.4 Å². The lowest BCUT2D eigenvalue weighted by Gasteiger charge is -2.16. The van der Waals surface area contributed by atoms with Gasteiger partial charge in [0.2, 0.25) is 0 Å². The van der Waals surface area contributed by atoms with Crippen LogP contribution in [0.15, 0.2) is 58.6 Å². The highest BCUT2D eigenvalue weighted by atomic mass is 35.5. The number of esters is 1. The summed E-state index contributed by atoms with van der Waals surface area (Å²) in [6, 6.07) is 8.75. The molecule has 4 amide bonds. The molecule has 2 aromatic rings. The fraction of sp³-hybridized carbons (Fsp3) is 0.310. The number of amides is 4. The van der Waals surface area contributed by atoms with Crippen LogP contribution in [0, 0.1) is 0 Å². The normalized spacial score (nSPS) is 15.1. The van der Waals surface area contributed by atoms with Crippen molar-refractivity contribution in [1.82, 2.24) is 4.90 Å². The number of benzene rings is 2. The first-order valence-corrected chi connectivity index (χ1v) is 13.6. The zero-order valence-electron chi connectivity index (χ0n) is 23.0. The summed E-state index contributed by atoms with van der Waals surface area (Å²) < 4.78 is 41.9. The van der Waals surface area contributed by atoms with Crippen LogP contribution in [0.2, 0.25) is 5.02 Å². The van der Waals surface area contributed by atoms with Crippen LogP contribution < -0.4 is 10.2 Å². The SMILES string of the molecule is CCOC(=O)/C(Cl)=C/c1cc(N2C(=O)C3=C(CCCC3)C2=O)ccc1Cl.CN(C)C(=O)Nc1cccc(C(F)(F)F)c1. The molecule has 1 aliphatic heterocycles. The van der Waals surface area contributed by atoms with Crippen LogP contribution in [0.1, 0.15) is 43.7 Å². The van der Waals surface area contributed by atoms with Gasteiger partial charge in [-0.25, -0.2) is 14.5 Å². The van der Waals surface area contributed by atoms with Gasteiger partial charge in [0.05, 0.1) is 17.9 Å². The number of carbonyl (C=O) groups excluding carboxylic acids is 4. The number of hydrogen-bond donors (Lipinski definition) is 1. The Morgan fingerprint density at radius 1 is 1.05 bits per heavy atom. The summed E-state index contributed by atoms with van der Waals surface area (Å²) in [4.78, 5) is 50.6. The first-order valence-electron chi connectivity index (χ1n) is 12.8. The van der Waals surface area contributed by atoms with E-state index in [4.69, 9.17) is 27.9 Å². The van der Waals surface area contributed by atoms with Crippen LogP contribution in [0.4, 0.5) is 29.3 Å². The number of nitrogens with one attached hydrogen (secondary N) is 1. The van der Waals surface area contributed by atoms with Crippen LogP contribution >= 0.6 is 23.2 Å². The average Bonchev–Trinajstić information content (AvgIpc) is 3.19. The van der Waals surface area contributed by atoms with E-state index < -0.39 is 23.7 Å². The third kappa shape index (κ3) is 7.92. The first kappa shape index (κ1) is 32.7. The van der Waals surface area contributed by atoms with E-state index in [9.17, 15) is 32.3 Å². The molecule has 2 aromatic carbocycles. The lowest BCUT2D eigenvalue weighted by Crippen LogP contribution is -2.31. The second kappa shape index (κ2) is 13.9. The minimum absolute atomic E-state index is 0.119. The molecule has 0 fully saturated rings. The Hall–Kier alpha value is -3.83. The highest BCUT2D eigenvalue weighted by Crippen LogP contribution is 2.37. The Morgan fingerprint density at radius 2 is 1.67 bits per heavy atom. The van der Waals surface area contributed by atoms with E-state index in [-0.39, 0.29) is 29.1 Å². The monoisotopic (exact) mass is 625 g/mol. The summed E-state index contributed by atoms with van der Waals surface area (Å²) in [7, 11) is 3.01. The van der Waals surface area contributed by atoms with Gasteiger partial charge in [-0.15, -0.1) is 0 Å². The van der Waals surface area contributed by atoms with E-state index in [1.54, 1.807) is 25.1 Å². The number of alkyl halides is 3. The van der Waals surface area contributed by atoms with Gasteiger partial charge in [-0.1, -0.05) is 29.3 Å². The van der Waals surface area contributed by atoms with Crippen LogP contribution in [0.5, 0.6) is 0 Å². The standard InChI is InChI=1S/C19H17Cl2NO4.C10H11F3N2O/c1-2-26-19(25)16(21)10-11-9-12(7-8-15(11)20)22-17(23)13-5-3-4-6-14(13)18(22)24;1-15(2)9(16)14-8-5-3-4-7(6-8)10(11,12)13/h7-10H,2-6H2,1H3;3-6H,1-2H3,(H,14,16)/b16-10-;. The number of imide groups is 1. The Balaban J connectivity index is 0.000000260. The predicted octanol–water partition coefficient (Wildman–Crippen LogP) is 7.03. The number of carbonyl (C=O) groups is 4. The Kier molecular flexibility index (Phi) is 10.8. The molecular formula is C29H28Cl2F3N3O5. The molecule has 1 aliphatic carbocycles. The Bertz CT molecular complexity index is 1430. The highest BCUT2D eigenvalue weighted by Gasteiger charge is 2.39. The second-order valence-electron chi connectivity index (χ2n) is 9.43. The second-order valence-corrected chi connectivity index (χ2v) is 10.2. The number of nitrogens with zero attached hydrogens (tertiary/aromatic N) is 2. The molecule has 2 aliphatic rings. The zero-order valence-corrected chi connectivity index (χ0v) is 24.5. The average molecular weight is 626 g/mol. The van der Waals surface area contributed by atoms with Crippen molar-refractivity contribution in [2.45, 2.75) is 38.8 Å². The maximum absolute atomic E-state index is 12.7. The van der Waals surface area contributed by atoms with Crippen molar-refractivity contribution in [3.8, 4) is 0 Å².